The fourth-order valence-corrected chi connectivity index (χ4v) is 4.31. The van der Waals surface area contributed by atoms with Crippen LogP contribution in [0.25, 0.3) is 10.9 Å². The van der Waals surface area contributed by atoms with Gasteiger partial charge in [0, 0.05) is 67.5 Å². The van der Waals surface area contributed by atoms with E-state index in [0.717, 1.165) is 61.4 Å². The highest BCUT2D eigenvalue weighted by Gasteiger charge is 2.27. The van der Waals surface area contributed by atoms with Crippen molar-refractivity contribution in [3.63, 3.8) is 0 Å². The second-order valence-electron chi connectivity index (χ2n) is 7.84. The molecule has 2 fully saturated rings. The minimum absolute atomic E-state index is 0.0762. The zero-order valence-corrected chi connectivity index (χ0v) is 15.1. The number of fused-ring (bicyclic) bond motifs is 1. The molecule has 1 aromatic carbocycles. The van der Waals surface area contributed by atoms with Gasteiger partial charge in [0.1, 0.15) is 5.82 Å². The van der Waals surface area contributed by atoms with Crippen LogP contribution < -0.4 is 32.7 Å². The molecule has 1 aromatic heterocycles. The van der Waals surface area contributed by atoms with Crippen LogP contribution in [-0.2, 0) is 0 Å². The molecule has 7 heteroatoms. The highest BCUT2D eigenvalue weighted by atomic mass is 15.2. The van der Waals surface area contributed by atoms with E-state index in [4.69, 9.17) is 27.9 Å². The van der Waals surface area contributed by atoms with Crippen LogP contribution in [0.1, 0.15) is 12.8 Å². The van der Waals surface area contributed by atoms with Gasteiger partial charge in [-0.15, -0.1) is 0 Å². The molecule has 2 aliphatic rings. The van der Waals surface area contributed by atoms with Crippen LogP contribution in [0.3, 0.4) is 0 Å². The first-order chi connectivity index (χ1) is 12.5. The van der Waals surface area contributed by atoms with Gasteiger partial charge < -0.3 is 32.7 Å². The van der Waals surface area contributed by atoms with Crippen molar-refractivity contribution in [2.75, 3.05) is 36.0 Å². The van der Waals surface area contributed by atoms with Gasteiger partial charge in [0.2, 0.25) is 0 Å². The van der Waals surface area contributed by atoms with Crippen molar-refractivity contribution in [2.24, 2.45) is 22.9 Å². The zero-order chi connectivity index (χ0) is 18.3. The third-order valence-electron chi connectivity index (χ3n) is 5.38. The van der Waals surface area contributed by atoms with Gasteiger partial charge in [-0.2, -0.15) is 0 Å². The molecule has 2 aromatic rings. The van der Waals surface area contributed by atoms with E-state index in [-0.39, 0.29) is 24.2 Å². The van der Waals surface area contributed by atoms with Gasteiger partial charge in [0.05, 0.1) is 5.52 Å². The van der Waals surface area contributed by atoms with Crippen molar-refractivity contribution >= 4 is 22.4 Å². The Balaban J connectivity index is 1.76. The summed E-state index contributed by atoms with van der Waals surface area (Å²) >= 11 is 0. The van der Waals surface area contributed by atoms with E-state index < -0.39 is 0 Å². The Morgan fingerprint density at radius 3 is 1.92 bits per heavy atom. The second-order valence-corrected chi connectivity index (χ2v) is 7.84. The van der Waals surface area contributed by atoms with Crippen LogP contribution >= 0.6 is 0 Å². The van der Waals surface area contributed by atoms with E-state index in [1.54, 1.807) is 0 Å². The molecule has 26 heavy (non-hydrogen) atoms. The maximum absolute atomic E-state index is 6.23. The van der Waals surface area contributed by atoms with E-state index in [9.17, 15) is 0 Å². The SMILES string of the molecule is NC1CC(N)CN(c2cc(N3CC(N)CC(N)C3)c3ccccc3n2)C1. The maximum Gasteiger partial charge on any atom is 0.131 e. The van der Waals surface area contributed by atoms with Crippen LogP contribution in [-0.4, -0.2) is 55.3 Å². The van der Waals surface area contributed by atoms with Gasteiger partial charge in [-0.1, -0.05) is 18.2 Å². The summed E-state index contributed by atoms with van der Waals surface area (Å²) in [5, 5.41) is 1.13. The molecule has 3 heterocycles. The number of rotatable bonds is 2. The summed E-state index contributed by atoms with van der Waals surface area (Å²) in [5.74, 6) is 0.928. The highest BCUT2D eigenvalue weighted by molar-refractivity contribution is 5.93. The molecular weight excluding hydrogens is 326 g/mol. The Bertz CT molecular complexity index is 760. The molecule has 4 unspecified atom stereocenters. The van der Waals surface area contributed by atoms with E-state index in [0.29, 0.717) is 0 Å². The smallest absolute Gasteiger partial charge is 0.131 e. The van der Waals surface area contributed by atoms with Crippen LogP contribution in [0, 0.1) is 0 Å². The van der Waals surface area contributed by atoms with Crippen molar-refractivity contribution in [3.8, 4) is 0 Å². The molecule has 4 atom stereocenters. The fourth-order valence-electron chi connectivity index (χ4n) is 4.31. The van der Waals surface area contributed by atoms with Crippen molar-refractivity contribution in [1.82, 2.24) is 4.98 Å². The Kier molecular flexibility index (Phi) is 4.71. The Morgan fingerprint density at radius 1 is 0.769 bits per heavy atom. The van der Waals surface area contributed by atoms with Gasteiger partial charge >= 0.3 is 0 Å². The maximum atomic E-state index is 6.23. The Hall–Kier alpha value is -1.93. The average molecular weight is 355 g/mol. The molecule has 4 rings (SSSR count). The number of hydrogen-bond acceptors (Lipinski definition) is 7. The molecule has 2 saturated heterocycles. The number of pyridine rings is 1. The van der Waals surface area contributed by atoms with Crippen LogP contribution in [0.4, 0.5) is 11.5 Å². The summed E-state index contributed by atoms with van der Waals surface area (Å²) in [6, 6.07) is 10.7. The standard InChI is InChI=1S/C19H29N7/c20-12-5-13(21)9-25(8-12)18-7-19(24-17-4-2-1-3-16(17)18)26-10-14(22)6-15(23)11-26/h1-4,7,12-15H,5-6,8-11,20-23H2. The van der Waals surface area contributed by atoms with Crippen LogP contribution in [0.15, 0.2) is 30.3 Å². The highest BCUT2D eigenvalue weighted by Crippen LogP contribution is 2.32. The summed E-state index contributed by atoms with van der Waals surface area (Å²) in [6.45, 7) is 3.16. The van der Waals surface area contributed by atoms with Crippen molar-refractivity contribution < 1.29 is 0 Å². The summed E-state index contributed by atoms with van der Waals surface area (Å²) in [5.41, 5.74) is 27.0. The van der Waals surface area contributed by atoms with E-state index in [1.165, 1.54) is 0 Å². The van der Waals surface area contributed by atoms with Gasteiger partial charge in [-0.3, -0.25) is 0 Å². The first kappa shape index (κ1) is 17.5. The molecule has 0 bridgehead atoms. The fraction of sp³-hybridized carbons (Fsp3) is 0.526. The molecule has 7 nitrogen and oxygen atoms in total. The topological polar surface area (TPSA) is 123 Å². The molecule has 0 aliphatic carbocycles. The number of piperidine rings is 2. The summed E-state index contributed by atoms with van der Waals surface area (Å²) in [6.07, 6.45) is 1.72. The number of nitrogens with two attached hydrogens (primary N) is 4. The molecule has 2 aliphatic heterocycles. The van der Waals surface area contributed by atoms with Gasteiger partial charge in [0.15, 0.2) is 0 Å². The molecule has 0 amide bonds. The van der Waals surface area contributed by atoms with E-state index in [1.807, 2.05) is 12.1 Å². The lowest BCUT2D eigenvalue weighted by Gasteiger charge is -2.38. The normalized spacial score (nSPS) is 30.0. The van der Waals surface area contributed by atoms with Crippen LogP contribution in [0.5, 0.6) is 0 Å². The number of nitrogens with zero attached hydrogens (tertiary/aromatic N) is 3. The molecular formula is C19H29N7. The molecule has 0 saturated carbocycles. The number of benzene rings is 1. The number of anilines is 2. The van der Waals surface area contributed by atoms with E-state index >= 15 is 0 Å². The number of aromatic nitrogens is 1. The minimum Gasteiger partial charge on any atom is -0.368 e. The predicted molar refractivity (Wildman–Crippen MR) is 107 cm³/mol. The average Bonchev–Trinajstić information content (AvgIpc) is 2.59. The summed E-state index contributed by atoms with van der Waals surface area (Å²) in [4.78, 5) is 9.40. The van der Waals surface area contributed by atoms with Crippen molar-refractivity contribution in [2.45, 2.75) is 37.0 Å². The monoisotopic (exact) mass is 355 g/mol. The second kappa shape index (κ2) is 7.00. The van der Waals surface area contributed by atoms with Crippen molar-refractivity contribution in [3.05, 3.63) is 30.3 Å². The number of hydrogen-bond donors (Lipinski definition) is 4. The first-order valence-corrected chi connectivity index (χ1v) is 9.41. The van der Waals surface area contributed by atoms with Gasteiger partial charge in [0.25, 0.3) is 0 Å². The molecule has 8 N–H and O–H groups in total. The zero-order valence-electron chi connectivity index (χ0n) is 15.1. The van der Waals surface area contributed by atoms with E-state index in [2.05, 4.69) is 28.0 Å². The molecule has 0 radical (unpaired) electrons. The minimum atomic E-state index is 0.0762. The third kappa shape index (κ3) is 3.48. The molecule has 140 valence electrons. The quantitative estimate of drug-likeness (QED) is 0.596. The lowest BCUT2D eigenvalue weighted by atomic mass is 10.00. The van der Waals surface area contributed by atoms with Crippen LogP contribution in [0.2, 0.25) is 0 Å². The largest absolute Gasteiger partial charge is 0.368 e. The lowest BCUT2D eigenvalue weighted by Crippen LogP contribution is -2.53. The summed E-state index contributed by atoms with van der Waals surface area (Å²) < 4.78 is 0. The first-order valence-electron chi connectivity index (χ1n) is 9.41. The Labute approximate surface area is 154 Å². The van der Waals surface area contributed by atoms with Crippen molar-refractivity contribution in [1.29, 1.82) is 0 Å². The van der Waals surface area contributed by atoms with Gasteiger partial charge in [-0.05, 0) is 18.9 Å². The Morgan fingerprint density at radius 2 is 1.31 bits per heavy atom. The predicted octanol–water partition coefficient (Wildman–Crippen LogP) is -0.0358. The molecule has 0 spiro atoms. The summed E-state index contributed by atoms with van der Waals surface area (Å²) in [7, 11) is 0. The van der Waals surface area contributed by atoms with Gasteiger partial charge in [-0.25, -0.2) is 4.98 Å². The number of para-hydroxylation sites is 1. The third-order valence-corrected chi connectivity index (χ3v) is 5.38. The lowest BCUT2D eigenvalue weighted by molar-refractivity contribution is 0.448.